The Labute approximate surface area is 105 Å². The zero-order chi connectivity index (χ0) is 13.1. The van der Waals surface area contributed by atoms with Gasteiger partial charge in [-0.1, -0.05) is 32.9 Å². The fourth-order valence-corrected chi connectivity index (χ4v) is 5.51. The number of methoxy groups -OCH3 is 1. The van der Waals surface area contributed by atoms with Crippen LogP contribution in [-0.2, 0) is 8.85 Å². The molecule has 1 aromatic rings. The van der Waals surface area contributed by atoms with Gasteiger partial charge < -0.3 is 13.6 Å². The van der Waals surface area contributed by atoms with Gasteiger partial charge in [0.15, 0.2) is 0 Å². The standard InChI is InChI=1S/C13H22O3Si/c1-13(2,3)17(15-5,16-6)12-9-7-11(14-4)8-10-12/h7-10H,1-6H3. The first-order valence-electron chi connectivity index (χ1n) is 5.66. The third-order valence-corrected chi connectivity index (χ3v) is 7.25. The van der Waals surface area contributed by atoms with E-state index in [1.165, 1.54) is 0 Å². The molecule has 0 spiro atoms. The summed E-state index contributed by atoms with van der Waals surface area (Å²) < 4.78 is 16.7. The van der Waals surface area contributed by atoms with Crippen LogP contribution in [0.5, 0.6) is 5.75 Å². The van der Waals surface area contributed by atoms with Crippen LogP contribution in [-0.4, -0.2) is 29.9 Å². The maximum Gasteiger partial charge on any atom is 0.377 e. The van der Waals surface area contributed by atoms with Crippen LogP contribution >= 0.6 is 0 Å². The molecule has 0 aliphatic rings. The Hall–Kier alpha value is -0.843. The molecule has 0 saturated carbocycles. The van der Waals surface area contributed by atoms with Gasteiger partial charge in [-0.2, -0.15) is 0 Å². The highest BCUT2D eigenvalue weighted by Gasteiger charge is 2.49. The van der Waals surface area contributed by atoms with E-state index >= 15 is 0 Å². The van der Waals surface area contributed by atoms with E-state index in [-0.39, 0.29) is 5.04 Å². The SMILES string of the molecule is COc1ccc([Si](OC)(OC)C(C)(C)C)cc1. The molecule has 0 aliphatic carbocycles. The smallest absolute Gasteiger partial charge is 0.377 e. The van der Waals surface area contributed by atoms with Gasteiger partial charge >= 0.3 is 8.56 Å². The molecule has 0 heterocycles. The summed E-state index contributed by atoms with van der Waals surface area (Å²) in [6.45, 7) is 6.45. The van der Waals surface area contributed by atoms with Gasteiger partial charge in [0.05, 0.1) is 7.11 Å². The summed E-state index contributed by atoms with van der Waals surface area (Å²) in [7, 11) is 2.71. The topological polar surface area (TPSA) is 27.7 Å². The fraction of sp³-hybridized carbons (Fsp3) is 0.538. The lowest BCUT2D eigenvalue weighted by atomic mass is 10.2. The fourth-order valence-electron chi connectivity index (χ4n) is 2.17. The minimum absolute atomic E-state index is 0.0366. The molecule has 17 heavy (non-hydrogen) atoms. The normalized spacial score (nSPS) is 12.6. The van der Waals surface area contributed by atoms with Crippen LogP contribution in [0.1, 0.15) is 20.8 Å². The van der Waals surface area contributed by atoms with Gasteiger partial charge in [0.2, 0.25) is 0 Å². The molecular weight excluding hydrogens is 232 g/mol. The quantitative estimate of drug-likeness (QED) is 0.772. The minimum atomic E-state index is -2.41. The lowest BCUT2D eigenvalue weighted by Gasteiger charge is -2.38. The molecule has 1 aromatic carbocycles. The van der Waals surface area contributed by atoms with E-state index in [1.807, 2.05) is 24.3 Å². The van der Waals surface area contributed by atoms with Crippen molar-refractivity contribution in [1.29, 1.82) is 0 Å². The van der Waals surface area contributed by atoms with Crippen molar-refractivity contribution >= 4 is 13.7 Å². The number of hydrogen-bond donors (Lipinski definition) is 0. The van der Waals surface area contributed by atoms with Crippen molar-refractivity contribution in [2.45, 2.75) is 25.8 Å². The lowest BCUT2D eigenvalue weighted by molar-refractivity contribution is 0.230. The molecule has 0 amide bonds. The van der Waals surface area contributed by atoms with Crippen molar-refractivity contribution in [2.75, 3.05) is 21.3 Å². The van der Waals surface area contributed by atoms with Crippen molar-refractivity contribution in [3.63, 3.8) is 0 Å². The molecule has 0 saturated heterocycles. The van der Waals surface area contributed by atoms with E-state index in [4.69, 9.17) is 13.6 Å². The second kappa shape index (κ2) is 5.21. The van der Waals surface area contributed by atoms with Crippen LogP contribution < -0.4 is 9.92 Å². The van der Waals surface area contributed by atoms with Gasteiger partial charge in [-0.3, -0.25) is 0 Å². The Morgan fingerprint density at radius 1 is 0.882 bits per heavy atom. The number of ether oxygens (including phenoxy) is 1. The number of benzene rings is 1. The average Bonchev–Trinajstić information content (AvgIpc) is 2.30. The van der Waals surface area contributed by atoms with Crippen LogP contribution in [0.25, 0.3) is 0 Å². The zero-order valence-electron chi connectivity index (χ0n) is 11.5. The van der Waals surface area contributed by atoms with E-state index in [0.717, 1.165) is 10.9 Å². The molecule has 0 N–H and O–H groups in total. The summed E-state index contributed by atoms with van der Waals surface area (Å²) in [6, 6.07) is 7.95. The van der Waals surface area contributed by atoms with Gasteiger partial charge in [-0.25, -0.2) is 0 Å². The molecule has 0 aromatic heterocycles. The number of rotatable bonds is 4. The van der Waals surface area contributed by atoms with Crippen molar-refractivity contribution in [3.8, 4) is 5.75 Å². The molecular formula is C13H22O3Si. The average molecular weight is 254 g/mol. The van der Waals surface area contributed by atoms with Crippen LogP contribution in [0.2, 0.25) is 5.04 Å². The van der Waals surface area contributed by atoms with E-state index in [1.54, 1.807) is 21.3 Å². The summed E-state index contributed by atoms with van der Waals surface area (Å²) in [5.41, 5.74) is 0. The minimum Gasteiger partial charge on any atom is -0.497 e. The van der Waals surface area contributed by atoms with Gasteiger partial charge in [0.25, 0.3) is 0 Å². The molecule has 0 aliphatic heterocycles. The lowest BCUT2D eigenvalue weighted by Crippen LogP contribution is -2.59. The summed E-state index contributed by atoms with van der Waals surface area (Å²) in [4.78, 5) is 0. The highest BCUT2D eigenvalue weighted by Crippen LogP contribution is 2.36. The Morgan fingerprint density at radius 3 is 1.65 bits per heavy atom. The van der Waals surface area contributed by atoms with Gasteiger partial charge in [0, 0.05) is 19.3 Å². The van der Waals surface area contributed by atoms with E-state index in [0.29, 0.717) is 0 Å². The Morgan fingerprint density at radius 2 is 1.35 bits per heavy atom. The van der Waals surface area contributed by atoms with Crippen molar-refractivity contribution in [3.05, 3.63) is 24.3 Å². The Bertz CT molecular complexity index is 350. The molecule has 0 atom stereocenters. The van der Waals surface area contributed by atoms with Crippen molar-refractivity contribution in [1.82, 2.24) is 0 Å². The molecule has 3 nitrogen and oxygen atoms in total. The van der Waals surface area contributed by atoms with Gasteiger partial charge in [-0.15, -0.1) is 0 Å². The van der Waals surface area contributed by atoms with Crippen LogP contribution in [0.4, 0.5) is 0 Å². The van der Waals surface area contributed by atoms with E-state index in [9.17, 15) is 0 Å². The molecule has 96 valence electrons. The Balaban J connectivity index is 3.22. The second-order valence-electron chi connectivity index (χ2n) is 5.00. The maximum absolute atomic E-state index is 5.79. The summed E-state index contributed by atoms with van der Waals surface area (Å²) in [5, 5.41) is 1.08. The second-order valence-corrected chi connectivity index (χ2v) is 9.13. The first kappa shape index (κ1) is 14.2. The maximum atomic E-state index is 5.79. The largest absolute Gasteiger partial charge is 0.497 e. The monoisotopic (exact) mass is 254 g/mol. The highest BCUT2D eigenvalue weighted by molar-refractivity contribution is 6.83. The third-order valence-electron chi connectivity index (χ3n) is 3.03. The zero-order valence-corrected chi connectivity index (χ0v) is 12.5. The Kier molecular flexibility index (Phi) is 4.35. The summed E-state index contributed by atoms with van der Waals surface area (Å²) in [5.74, 6) is 0.845. The van der Waals surface area contributed by atoms with Crippen LogP contribution in [0, 0.1) is 0 Å². The predicted octanol–water partition coefficient (Wildman–Crippen LogP) is 2.44. The number of hydrogen-bond acceptors (Lipinski definition) is 3. The van der Waals surface area contributed by atoms with Crippen molar-refractivity contribution in [2.24, 2.45) is 0 Å². The van der Waals surface area contributed by atoms with Crippen LogP contribution in [0.3, 0.4) is 0 Å². The molecule has 0 radical (unpaired) electrons. The highest BCUT2D eigenvalue weighted by atomic mass is 28.4. The van der Waals surface area contributed by atoms with E-state index < -0.39 is 8.56 Å². The molecule has 0 fully saturated rings. The van der Waals surface area contributed by atoms with Crippen molar-refractivity contribution < 1.29 is 13.6 Å². The van der Waals surface area contributed by atoms with Gasteiger partial charge in [0.1, 0.15) is 5.75 Å². The molecule has 0 bridgehead atoms. The molecule has 1 rings (SSSR count). The summed E-state index contributed by atoms with van der Waals surface area (Å²) in [6.07, 6.45) is 0. The first-order chi connectivity index (χ1) is 7.91. The third kappa shape index (κ3) is 2.54. The predicted molar refractivity (Wildman–Crippen MR) is 72.1 cm³/mol. The molecule has 4 heteroatoms. The first-order valence-corrected chi connectivity index (χ1v) is 7.47. The van der Waals surface area contributed by atoms with E-state index in [2.05, 4.69) is 20.8 Å². The summed E-state index contributed by atoms with van der Waals surface area (Å²) >= 11 is 0. The van der Waals surface area contributed by atoms with Crippen LogP contribution in [0.15, 0.2) is 24.3 Å². The molecule has 0 unspecified atom stereocenters. The van der Waals surface area contributed by atoms with Gasteiger partial charge in [-0.05, 0) is 17.3 Å².